The smallest absolute Gasteiger partial charge is 0.187 e. The summed E-state index contributed by atoms with van der Waals surface area (Å²) < 4.78 is 11.1. The number of hydrogen-bond donors (Lipinski definition) is 0. The van der Waals surface area contributed by atoms with Crippen molar-refractivity contribution in [3.63, 3.8) is 0 Å². The van der Waals surface area contributed by atoms with Gasteiger partial charge in [-0.25, -0.2) is 0 Å². The molecule has 0 N–H and O–H groups in total. The van der Waals surface area contributed by atoms with E-state index in [1.54, 1.807) is 12.3 Å². The molecular weight excluding hydrogens is 250 g/mol. The lowest BCUT2D eigenvalue weighted by Crippen LogP contribution is -2.03. The van der Waals surface area contributed by atoms with E-state index in [1.165, 1.54) is 0 Å². The Labute approximate surface area is 110 Å². The van der Waals surface area contributed by atoms with Crippen molar-refractivity contribution in [1.29, 1.82) is 0 Å². The molecule has 1 aromatic carbocycles. The molecule has 1 saturated heterocycles. The molecule has 0 radical (unpaired) electrons. The molecule has 3 rings (SSSR count). The van der Waals surface area contributed by atoms with Crippen molar-refractivity contribution >= 4 is 11.6 Å². The molecule has 4 heteroatoms. The SMILES string of the molecule is Clc1ccnc(-c2ccccc2)c1C1OCCO1. The summed E-state index contributed by atoms with van der Waals surface area (Å²) in [6.45, 7) is 1.17. The maximum atomic E-state index is 6.26. The van der Waals surface area contributed by atoms with E-state index in [-0.39, 0.29) is 0 Å². The minimum atomic E-state index is -0.415. The summed E-state index contributed by atoms with van der Waals surface area (Å²) in [6.07, 6.45) is 1.28. The molecule has 0 saturated carbocycles. The van der Waals surface area contributed by atoms with E-state index in [9.17, 15) is 0 Å². The van der Waals surface area contributed by atoms with Crippen LogP contribution >= 0.6 is 11.6 Å². The lowest BCUT2D eigenvalue weighted by Gasteiger charge is -2.15. The Bertz CT molecular complexity index is 539. The summed E-state index contributed by atoms with van der Waals surface area (Å²) in [6, 6.07) is 11.7. The molecule has 18 heavy (non-hydrogen) atoms. The number of benzene rings is 1. The molecule has 0 unspecified atom stereocenters. The summed E-state index contributed by atoms with van der Waals surface area (Å²) >= 11 is 6.26. The number of rotatable bonds is 2. The second-order valence-corrected chi connectivity index (χ2v) is 4.40. The Morgan fingerprint density at radius 3 is 2.50 bits per heavy atom. The van der Waals surface area contributed by atoms with Gasteiger partial charge in [0.2, 0.25) is 0 Å². The molecule has 0 bridgehead atoms. The molecular formula is C14H12ClNO2. The highest BCUT2D eigenvalue weighted by molar-refractivity contribution is 6.31. The third-order valence-electron chi connectivity index (χ3n) is 2.84. The average molecular weight is 262 g/mol. The zero-order chi connectivity index (χ0) is 12.4. The summed E-state index contributed by atoms with van der Waals surface area (Å²) in [5, 5.41) is 0.621. The normalized spacial score (nSPS) is 16.1. The highest BCUT2D eigenvalue weighted by atomic mass is 35.5. The Hall–Kier alpha value is -1.42. The molecule has 1 aliphatic rings. The molecule has 0 amide bonds. The van der Waals surface area contributed by atoms with E-state index < -0.39 is 6.29 Å². The molecule has 2 heterocycles. The molecule has 2 aromatic rings. The predicted molar refractivity (Wildman–Crippen MR) is 69.3 cm³/mol. The highest BCUT2D eigenvalue weighted by Gasteiger charge is 2.25. The molecule has 0 aliphatic carbocycles. The maximum absolute atomic E-state index is 6.26. The minimum absolute atomic E-state index is 0.415. The first-order valence-electron chi connectivity index (χ1n) is 5.79. The van der Waals surface area contributed by atoms with Crippen LogP contribution in [0.25, 0.3) is 11.3 Å². The van der Waals surface area contributed by atoms with Gasteiger partial charge in [-0.05, 0) is 6.07 Å². The monoisotopic (exact) mass is 261 g/mol. The van der Waals surface area contributed by atoms with Crippen molar-refractivity contribution in [3.8, 4) is 11.3 Å². The molecule has 92 valence electrons. The van der Waals surface area contributed by atoms with E-state index >= 15 is 0 Å². The van der Waals surface area contributed by atoms with Crippen molar-refractivity contribution in [3.05, 3.63) is 53.2 Å². The van der Waals surface area contributed by atoms with E-state index in [0.29, 0.717) is 18.2 Å². The molecule has 1 aliphatic heterocycles. The van der Waals surface area contributed by atoms with Gasteiger partial charge in [-0.1, -0.05) is 41.9 Å². The van der Waals surface area contributed by atoms with Crippen LogP contribution in [0, 0.1) is 0 Å². The lowest BCUT2D eigenvalue weighted by molar-refractivity contribution is -0.0437. The van der Waals surface area contributed by atoms with Gasteiger partial charge in [-0.2, -0.15) is 0 Å². The predicted octanol–water partition coefficient (Wildman–Crippen LogP) is 3.45. The lowest BCUT2D eigenvalue weighted by atomic mass is 10.1. The number of ether oxygens (including phenoxy) is 2. The molecule has 0 atom stereocenters. The van der Waals surface area contributed by atoms with Crippen molar-refractivity contribution in [2.45, 2.75) is 6.29 Å². The zero-order valence-electron chi connectivity index (χ0n) is 9.67. The quantitative estimate of drug-likeness (QED) is 0.830. The van der Waals surface area contributed by atoms with Crippen molar-refractivity contribution in [2.24, 2.45) is 0 Å². The second-order valence-electron chi connectivity index (χ2n) is 3.99. The third kappa shape index (κ3) is 2.12. The maximum Gasteiger partial charge on any atom is 0.187 e. The van der Waals surface area contributed by atoms with Crippen molar-refractivity contribution in [2.75, 3.05) is 13.2 Å². The van der Waals surface area contributed by atoms with Crippen molar-refractivity contribution < 1.29 is 9.47 Å². The number of hydrogen-bond acceptors (Lipinski definition) is 3. The van der Waals surface area contributed by atoms with Crippen LogP contribution in [0.5, 0.6) is 0 Å². The van der Waals surface area contributed by atoms with Crippen LogP contribution in [-0.2, 0) is 9.47 Å². The van der Waals surface area contributed by atoms with Crippen molar-refractivity contribution in [1.82, 2.24) is 4.98 Å². The first-order valence-corrected chi connectivity index (χ1v) is 6.17. The van der Waals surface area contributed by atoms with Crippen LogP contribution in [0.15, 0.2) is 42.6 Å². The highest BCUT2D eigenvalue weighted by Crippen LogP contribution is 2.35. The van der Waals surface area contributed by atoms with E-state index in [1.807, 2.05) is 30.3 Å². The molecule has 3 nitrogen and oxygen atoms in total. The fourth-order valence-corrected chi connectivity index (χ4v) is 2.26. The first kappa shape index (κ1) is 11.7. The van der Waals surface area contributed by atoms with Gasteiger partial charge in [0.1, 0.15) is 0 Å². The van der Waals surface area contributed by atoms with Gasteiger partial charge in [-0.3, -0.25) is 4.98 Å². The fraction of sp³-hybridized carbons (Fsp3) is 0.214. The topological polar surface area (TPSA) is 31.4 Å². The average Bonchev–Trinajstić information content (AvgIpc) is 2.93. The molecule has 1 aromatic heterocycles. The van der Waals surface area contributed by atoms with E-state index in [4.69, 9.17) is 21.1 Å². The standard InChI is InChI=1S/C14H12ClNO2/c15-11-6-7-16-13(10-4-2-1-3-5-10)12(11)14-17-8-9-18-14/h1-7,14H,8-9H2. The molecule has 0 spiro atoms. The summed E-state index contributed by atoms with van der Waals surface area (Å²) in [7, 11) is 0. The number of nitrogens with zero attached hydrogens (tertiary/aromatic N) is 1. The largest absolute Gasteiger partial charge is 0.346 e. The third-order valence-corrected chi connectivity index (χ3v) is 3.17. The van der Waals surface area contributed by atoms with E-state index in [0.717, 1.165) is 16.8 Å². The summed E-state index contributed by atoms with van der Waals surface area (Å²) in [5.74, 6) is 0. The Balaban J connectivity index is 2.11. The van der Waals surface area contributed by atoms with Gasteiger partial charge in [0.15, 0.2) is 6.29 Å². The van der Waals surface area contributed by atoms with Crippen LogP contribution in [0.1, 0.15) is 11.9 Å². The van der Waals surface area contributed by atoms with Gasteiger partial charge in [0.25, 0.3) is 0 Å². The number of halogens is 1. The summed E-state index contributed by atoms with van der Waals surface area (Å²) in [4.78, 5) is 4.41. The number of aromatic nitrogens is 1. The Kier molecular flexibility index (Phi) is 3.28. The number of pyridine rings is 1. The van der Waals surface area contributed by atoms with E-state index in [2.05, 4.69) is 4.98 Å². The van der Waals surface area contributed by atoms with Crippen LogP contribution < -0.4 is 0 Å². The summed E-state index contributed by atoms with van der Waals surface area (Å²) in [5.41, 5.74) is 2.63. The zero-order valence-corrected chi connectivity index (χ0v) is 10.4. The Morgan fingerprint density at radius 2 is 1.78 bits per heavy atom. The Morgan fingerprint density at radius 1 is 1.06 bits per heavy atom. The van der Waals surface area contributed by atoms with Crippen LogP contribution in [-0.4, -0.2) is 18.2 Å². The van der Waals surface area contributed by atoms with Gasteiger partial charge in [-0.15, -0.1) is 0 Å². The van der Waals surface area contributed by atoms with Crippen LogP contribution in [0.3, 0.4) is 0 Å². The van der Waals surface area contributed by atoms with Gasteiger partial charge < -0.3 is 9.47 Å². The van der Waals surface area contributed by atoms with Crippen LogP contribution in [0.4, 0.5) is 0 Å². The van der Waals surface area contributed by atoms with Gasteiger partial charge in [0, 0.05) is 11.8 Å². The van der Waals surface area contributed by atoms with Gasteiger partial charge in [0.05, 0.1) is 29.5 Å². The first-order chi connectivity index (χ1) is 8.86. The fourth-order valence-electron chi connectivity index (χ4n) is 2.03. The second kappa shape index (κ2) is 5.06. The van der Waals surface area contributed by atoms with Gasteiger partial charge >= 0.3 is 0 Å². The minimum Gasteiger partial charge on any atom is -0.346 e. The molecule has 1 fully saturated rings. The van der Waals surface area contributed by atoms with Crippen LogP contribution in [0.2, 0.25) is 5.02 Å².